The monoisotopic (exact) mass is 200 g/mol. The summed E-state index contributed by atoms with van der Waals surface area (Å²) in [5.41, 5.74) is 5.79. The van der Waals surface area contributed by atoms with Crippen molar-refractivity contribution in [2.75, 3.05) is 6.61 Å². The first-order chi connectivity index (χ1) is 6.69. The number of nitrogens with one attached hydrogen (secondary N) is 1. The fourth-order valence-corrected chi connectivity index (χ4v) is 1.71. The van der Waals surface area contributed by atoms with Crippen molar-refractivity contribution in [3.63, 3.8) is 0 Å². The van der Waals surface area contributed by atoms with Crippen LogP contribution in [0.25, 0.3) is 0 Å². The minimum atomic E-state index is 0.0222. The Bertz CT molecular complexity index is 195. The molecule has 1 saturated carbocycles. The number of hydrogen-bond donors (Lipinski definition) is 2. The fraction of sp³-hybridized carbons (Fsp3) is 0.900. The van der Waals surface area contributed by atoms with Gasteiger partial charge in [-0.05, 0) is 19.8 Å². The Morgan fingerprint density at radius 3 is 2.79 bits per heavy atom. The first-order valence-corrected chi connectivity index (χ1v) is 5.35. The molecule has 0 aliphatic heterocycles. The fourth-order valence-electron chi connectivity index (χ4n) is 1.71. The molecular formula is C10H20N2O2. The second-order valence-corrected chi connectivity index (χ2v) is 3.74. The summed E-state index contributed by atoms with van der Waals surface area (Å²) in [5, 5.41) is 2.91. The van der Waals surface area contributed by atoms with Gasteiger partial charge in [-0.2, -0.15) is 0 Å². The third kappa shape index (κ3) is 2.69. The minimum Gasteiger partial charge on any atom is -0.376 e. The van der Waals surface area contributed by atoms with E-state index in [9.17, 15) is 4.79 Å². The molecule has 4 heteroatoms. The van der Waals surface area contributed by atoms with Gasteiger partial charge in [0.25, 0.3) is 0 Å². The van der Waals surface area contributed by atoms with Crippen molar-refractivity contribution in [1.82, 2.24) is 5.32 Å². The molecule has 82 valence electrons. The summed E-state index contributed by atoms with van der Waals surface area (Å²) >= 11 is 0. The van der Waals surface area contributed by atoms with Crippen LogP contribution in [0.5, 0.6) is 0 Å². The Morgan fingerprint density at radius 2 is 2.29 bits per heavy atom. The lowest BCUT2D eigenvalue weighted by atomic mass is 9.83. The molecule has 0 aromatic carbocycles. The molecule has 3 unspecified atom stereocenters. The number of amides is 1. The van der Waals surface area contributed by atoms with E-state index < -0.39 is 0 Å². The third-order valence-electron chi connectivity index (χ3n) is 2.55. The van der Waals surface area contributed by atoms with E-state index in [0.717, 1.165) is 12.8 Å². The van der Waals surface area contributed by atoms with Gasteiger partial charge in [0.15, 0.2) is 0 Å². The van der Waals surface area contributed by atoms with Crippen LogP contribution < -0.4 is 11.1 Å². The van der Waals surface area contributed by atoms with Crippen molar-refractivity contribution < 1.29 is 9.53 Å². The van der Waals surface area contributed by atoms with Gasteiger partial charge < -0.3 is 15.8 Å². The van der Waals surface area contributed by atoms with Crippen LogP contribution in [0.4, 0.5) is 0 Å². The van der Waals surface area contributed by atoms with Gasteiger partial charge >= 0.3 is 0 Å². The number of carbonyl (C=O) groups excluding carboxylic acids is 1. The molecule has 1 fully saturated rings. The van der Waals surface area contributed by atoms with Crippen molar-refractivity contribution >= 4 is 5.91 Å². The summed E-state index contributed by atoms with van der Waals surface area (Å²) in [4.78, 5) is 11.3. The number of carbonyl (C=O) groups is 1. The quantitative estimate of drug-likeness (QED) is 0.675. The Kier molecular flexibility index (Phi) is 4.35. The number of nitrogens with two attached hydrogens (primary N) is 1. The zero-order valence-electron chi connectivity index (χ0n) is 8.95. The average Bonchev–Trinajstić information content (AvgIpc) is 2.15. The van der Waals surface area contributed by atoms with E-state index in [0.29, 0.717) is 13.0 Å². The lowest BCUT2D eigenvalue weighted by molar-refractivity contribution is -0.125. The molecule has 0 radical (unpaired) electrons. The van der Waals surface area contributed by atoms with Gasteiger partial charge in [0.05, 0.1) is 12.1 Å². The molecule has 14 heavy (non-hydrogen) atoms. The van der Waals surface area contributed by atoms with E-state index in [1.165, 1.54) is 0 Å². The molecule has 0 spiro atoms. The Morgan fingerprint density at radius 1 is 1.57 bits per heavy atom. The number of ether oxygens (including phenoxy) is 1. The lowest BCUT2D eigenvalue weighted by Crippen LogP contribution is -2.64. The summed E-state index contributed by atoms with van der Waals surface area (Å²) in [7, 11) is 0. The van der Waals surface area contributed by atoms with E-state index in [2.05, 4.69) is 5.32 Å². The highest BCUT2D eigenvalue weighted by atomic mass is 16.5. The van der Waals surface area contributed by atoms with E-state index >= 15 is 0 Å². The maximum atomic E-state index is 11.3. The molecule has 3 N–H and O–H groups in total. The second kappa shape index (κ2) is 5.32. The maximum Gasteiger partial charge on any atom is 0.220 e. The van der Waals surface area contributed by atoms with E-state index in [4.69, 9.17) is 10.5 Å². The molecule has 3 atom stereocenters. The average molecular weight is 200 g/mol. The highest BCUT2D eigenvalue weighted by Crippen LogP contribution is 2.22. The highest BCUT2D eigenvalue weighted by molar-refractivity contribution is 5.76. The summed E-state index contributed by atoms with van der Waals surface area (Å²) in [6.45, 7) is 4.62. The predicted molar refractivity (Wildman–Crippen MR) is 54.8 cm³/mol. The third-order valence-corrected chi connectivity index (χ3v) is 2.55. The van der Waals surface area contributed by atoms with E-state index in [-0.39, 0.29) is 24.1 Å². The summed E-state index contributed by atoms with van der Waals surface area (Å²) in [5.74, 6) is 0.0809. The van der Waals surface area contributed by atoms with Gasteiger partial charge in [0.1, 0.15) is 0 Å². The van der Waals surface area contributed by atoms with E-state index in [1.807, 2.05) is 13.8 Å². The van der Waals surface area contributed by atoms with Gasteiger partial charge in [-0.3, -0.25) is 4.79 Å². The van der Waals surface area contributed by atoms with E-state index in [1.54, 1.807) is 0 Å². The van der Waals surface area contributed by atoms with Crippen LogP contribution in [0.2, 0.25) is 0 Å². The summed E-state index contributed by atoms with van der Waals surface area (Å²) < 4.78 is 5.45. The molecule has 0 saturated heterocycles. The van der Waals surface area contributed by atoms with Gasteiger partial charge in [0.2, 0.25) is 5.91 Å². The van der Waals surface area contributed by atoms with Crippen LogP contribution in [0.15, 0.2) is 0 Å². The van der Waals surface area contributed by atoms with Gasteiger partial charge in [-0.15, -0.1) is 0 Å². The largest absolute Gasteiger partial charge is 0.376 e. The Labute approximate surface area is 85.2 Å². The predicted octanol–water partition coefficient (Wildman–Crippen LogP) is 0.407. The van der Waals surface area contributed by atoms with Crippen LogP contribution in [-0.2, 0) is 9.53 Å². The molecule has 4 nitrogen and oxygen atoms in total. The molecule has 1 aliphatic carbocycles. The minimum absolute atomic E-state index is 0.0222. The second-order valence-electron chi connectivity index (χ2n) is 3.74. The first kappa shape index (κ1) is 11.5. The molecule has 0 heterocycles. The lowest BCUT2D eigenvalue weighted by Gasteiger charge is -2.42. The van der Waals surface area contributed by atoms with Crippen LogP contribution in [-0.4, -0.2) is 30.7 Å². The molecule has 0 aromatic heterocycles. The summed E-state index contributed by atoms with van der Waals surface area (Å²) in [6.07, 6.45) is 2.41. The van der Waals surface area contributed by atoms with Crippen molar-refractivity contribution in [3.8, 4) is 0 Å². The highest BCUT2D eigenvalue weighted by Gasteiger charge is 2.40. The normalized spacial score (nSPS) is 30.9. The number of rotatable bonds is 5. The summed E-state index contributed by atoms with van der Waals surface area (Å²) in [6, 6.07) is 0.0846. The topological polar surface area (TPSA) is 64.4 Å². The maximum absolute atomic E-state index is 11.3. The molecule has 1 aliphatic rings. The first-order valence-electron chi connectivity index (χ1n) is 5.35. The van der Waals surface area contributed by atoms with Gasteiger partial charge in [-0.1, -0.05) is 6.92 Å². The van der Waals surface area contributed by atoms with Crippen molar-refractivity contribution in [1.29, 1.82) is 0 Å². The smallest absolute Gasteiger partial charge is 0.220 e. The zero-order valence-corrected chi connectivity index (χ0v) is 8.95. The van der Waals surface area contributed by atoms with Crippen LogP contribution in [0.1, 0.15) is 33.1 Å². The van der Waals surface area contributed by atoms with Gasteiger partial charge in [0, 0.05) is 19.1 Å². The van der Waals surface area contributed by atoms with Crippen molar-refractivity contribution in [2.24, 2.45) is 5.73 Å². The molecule has 1 amide bonds. The van der Waals surface area contributed by atoms with Crippen molar-refractivity contribution in [2.45, 2.75) is 51.3 Å². The molecule has 0 bridgehead atoms. The molecule has 0 aromatic rings. The van der Waals surface area contributed by atoms with Gasteiger partial charge in [-0.25, -0.2) is 0 Å². The van der Waals surface area contributed by atoms with Crippen LogP contribution >= 0.6 is 0 Å². The molecular weight excluding hydrogens is 180 g/mol. The Balaban J connectivity index is 2.30. The standard InChI is InChI=1S/C10H20N2O2/c1-3-5-9(13)12-10-7(11)6-8(10)14-4-2/h7-8,10H,3-6,11H2,1-2H3,(H,12,13). The molecule has 1 rings (SSSR count). The van der Waals surface area contributed by atoms with Crippen molar-refractivity contribution in [3.05, 3.63) is 0 Å². The van der Waals surface area contributed by atoms with Crippen LogP contribution in [0, 0.1) is 0 Å². The number of hydrogen-bond acceptors (Lipinski definition) is 3. The Hall–Kier alpha value is -0.610. The van der Waals surface area contributed by atoms with Crippen LogP contribution in [0.3, 0.4) is 0 Å². The SMILES string of the molecule is CCCC(=O)NC1C(N)CC1OCC. The zero-order chi connectivity index (χ0) is 10.6.